The summed E-state index contributed by atoms with van der Waals surface area (Å²) in [6, 6.07) is 13.2. The minimum absolute atomic E-state index is 0.0231. The molecule has 0 atom stereocenters. The number of aryl methyl sites for hydroxylation is 1. The van der Waals surface area contributed by atoms with Crippen LogP contribution >= 0.6 is 11.8 Å². The van der Waals surface area contributed by atoms with Gasteiger partial charge in [-0.05, 0) is 53.1 Å². The monoisotopic (exact) mass is 494 g/mol. The molecule has 35 heavy (non-hydrogen) atoms. The van der Waals surface area contributed by atoms with Crippen molar-refractivity contribution in [3.63, 3.8) is 0 Å². The molecule has 12 nitrogen and oxygen atoms in total. The first-order chi connectivity index (χ1) is 17.0. The lowest BCUT2D eigenvalue weighted by Gasteiger charge is -2.07. The average molecular weight is 495 g/mol. The van der Waals surface area contributed by atoms with Gasteiger partial charge in [-0.15, -0.1) is 16.9 Å². The molecule has 3 N–H and O–H groups in total. The Morgan fingerprint density at radius 3 is 2.63 bits per heavy atom. The van der Waals surface area contributed by atoms with Crippen molar-refractivity contribution in [1.29, 1.82) is 0 Å². The summed E-state index contributed by atoms with van der Waals surface area (Å²) in [5.74, 6) is 1.09. The smallest absolute Gasteiger partial charge is 0.293 e. The lowest BCUT2D eigenvalue weighted by atomic mass is 10.2. The number of hydrogen-bond donors (Lipinski definition) is 2. The molecule has 2 aromatic carbocycles. The molecule has 0 unspecified atom stereocenters. The van der Waals surface area contributed by atoms with Gasteiger partial charge in [0.25, 0.3) is 5.91 Å². The van der Waals surface area contributed by atoms with Gasteiger partial charge < -0.3 is 15.2 Å². The molecule has 0 aliphatic rings. The predicted molar refractivity (Wildman–Crippen MR) is 129 cm³/mol. The quantitative estimate of drug-likeness (QED) is 0.201. The van der Waals surface area contributed by atoms with Crippen molar-refractivity contribution in [2.45, 2.75) is 17.6 Å². The molecular formula is C22H22N8O4S. The number of carbonyl (C=O) groups excluding carboxylic acids is 1. The molecule has 4 aromatic rings. The molecule has 2 heterocycles. The first kappa shape index (κ1) is 23.8. The van der Waals surface area contributed by atoms with E-state index in [1.165, 1.54) is 29.8 Å². The number of ether oxygens (including phenoxy) is 2. The second-order valence-electron chi connectivity index (χ2n) is 7.18. The zero-order chi connectivity index (χ0) is 24.8. The van der Waals surface area contributed by atoms with E-state index in [-0.39, 0.29) is 17.3 Å². The van der Waals surface area contributed by atoms with Crippen molar-refractivity contribution >= 4 is 29.7 Å². The molecular weight excluding hydrogens is 472 g/mol. The molecule has 0 radical (unpaired) electrons. The lowest BCUT2D eigenvalue weighted by molar-refractivity contribution is 0.0949. The van der Waals surface area contributed by atoms with Crippen LogP contribution in [0.1, 0.15) is 27.3 Å². The fourth-order valence-corrected chi connectivity index (χ4v) is 3.94. The maximum Gasteiger partial charge on any atom is 0.293 e. The van der Waals surface area contributed by atoms with Crippen molar-refractivity contribution in [3.05, 3.63) is 65.0 Å². The lowest BCUT2D eigenvalue weighted by Crippen LogP contribution is -2.20. The number of hydrogen-bond acceptors (Lipinski definition) is 11. The van der Waals surface area contributed by atoms with E-state index in [9.17, 15) is 4.79 Å². The summed E-state index contributed by atoms with van der Waals surface area (Å²) in [5, 5.41) is 19.5. The Morgan fingerprint density at radius 2 is 1.94 bits per heavy atom. The number of nitrogens with zero attached hydrogens (tertiary/aromatic N) is 6. The third-order valence-corrected chi connectivity index (χ3v) is 5.88. The van der Waals surface area contributed by atoms with E-state index in [0.717, 1.165) is 10.5 Å². The van der Waals surface area contributed by atoms with Crippen molar-refractivity contribution in [3.8, 4) is 17.3 Å². The fraction of sp³-hybridized carbons (Fsp3) is 0.182. The molecule has 4 rings (SSSR count). The number of aromatic nitrogens is 5. The number of carbonyl (C=O) groups is 1. The van der Waals surface area contributed by atoms with Crippen LogP contribution in [0.15, 0.2) is 57.1 Å². The maximum absolute atomic E-state index is 12.9. The van der Waals surface area contributed by atoms with E-state index in [1.807, 2.05) is 31.2 Å². The van der Waals surface area contributed by atoms with E-state index in [4.69, 9.17) is 15.2 Å². The zero-order valence-corrected chi connectivity index (χ0v) is 19.9. The number of amides is 1. The van der Waals surface area contributed by atoms with E-state index in [2.05, 4.69) is 35.8 Å². The molecule has 1 amide bonds. The summed E-state index contributed by atoms with van der Waals surface area (Å²) in [5.41, 5.74) is 10.7. The summed E-state index contributed by atoms with van der Waals surface area (Å²) in [7, 11) is 3.09. The SMILES string of the molecule is COc1ccc(/C=N/NC(=O)c2nnn(-c3nonc3N)c2CSc2ccc(C)cc2)cc1OC. The standard InChI is InChI=1S/C22H22N8O4S/c1-13-4-7-15(8-5-13)35-12-16-19(25-29-30(16)21-20(23)27-34-28-21)22(31)26-24-11-14-6-9-17(32-2)18(10-14)33-3/h4-11H,12H2,1-3H3,(H2,23,27)(H,26,31)/b24-11+. The molecule has 0 saturated heterocycles. The predicted octanol–water partition coefficient (Wildman–Crippen LogP) is 2.61. The van der Waals surface area contributed by atoms with Gasteiger partial charge in [-0.25, -0.2) is 10.1 Å². The first-order valence-electron chi connectivity index (χ1n) is 10.3. The summed E-state index contributed by atoms with van der Waals surface area (Å²) >= 11 is 1.50. The number of hydrazone groups is 1. The summed E-state index contributed by atoms with van der Waals surface area (Å²) < 4.78 is 16.5. The molecule has 180 valence electrons. The highest BCUT2D eigenvalue weighted by Crippen LogP contribution is 2.27. The Kier molecular flexibility index (Phi) is 7.26. The Hall–Kier alpha value is -4.39. The number of methoxy groups -OCH3 is 2. The highest BCUT2D eigenvalue weighted by Gasteiger charge is 2.24. The Bertz CT molecular complexity index is 1350. The van der Waals surface area contributed by atoms with E-state index in [1.54, 1.807) is 25.3 Å². The van der Waals surface area contributed by atoms with Crippen LogP contribution in [-0.2, 0) is 5.75 Å². The normalized spacial score (nSPS) is 11.1. The van der Waals surface area contributed by atoms with Crippen LogP contribution in [0.25, 0.3) is 5.82 Å². The Morgan fingerprint density at radius 1 is 1.17 bits per heavy atom. The van der Waals surface area contributed by atoms with Crippen LogP contribution in [-0.4, -0.2) is 51.6 Å². The number of nitrogens with one attached hydrogen (secondary N) is 1. The van der Waals surface area contributed by atoms with Crippen molar-refractivity contribution < 1.29 is 18.9 Å². The van der Waals surface area contributed by atoms with E-state index < -0.39 is 5.91 Å². The molecule has 0 spiro atoms. The van der Waals surface area contributed by atoms with Gasteiger partial charge in [-0.1, -0.05) is 22.9 Å². The molecule has 0 aliphatic heterocycles. The number of benzene rings is 2. The van der Waals surface area contributed by atoms with Crippen LogP contribution < -0.4 is 20.6 Å². The number of nitrogens with two attached hydrogens (primary N) is 1. The minimum atomic E-state index is -0.553. The van der Waals surface area contributed by atoms with Gasteiger partial charge in [-0.3, -0.25) is 4.79 Å². The zero-order valence-electron chi connectivity index (χ0n) is 19.1. The van der Waals surface area contributed by atoms with Gasteiger partial charge in [0, 0.05) is 10.6 Å². The van der Waals surface area contributed by atoms with Crippen molar-refractivity contribution in [2.75, 3.05) is 20.0 Å². The minimum Gasteiger partial charge on any atom is -0.493 e. The molecule has 0 aliphatic carbocycles. The van der Waals surface area contributed by atoms with Gasteiger partial charge in [0.05, 0.1) is 26.1 Å². The van der Waals surface area contributed by atoms with Crippen LogP contribution in [0.5, 0.6) is 11.5 Å². The van der Waals surface area contributed by atoms with Gasteiger partial charge in [0.2, 0.25) is 11.6 Å². The summed E-state index contributed by atoms with van der Waals surface area (Å²) in [6.45, 7) is 2.01. The van der Waals surface area contributed by atoms with Gasteiger partial charge in [0.15, 0.2) is 17.2 Å². The third-order valence-electron chi connectivity index (χ3n) is 4.86. The van der Waals surface area contributed by atoms with Crippen molar-refractivity contribution in [1.82, 2.24) is 30.7 Å². The second-order valence-corrected chi connectivity index (χ2v) is 8.23. The first-order valence-corrected chi connectivity index (χ1v) is 11.3. The topological polar surface area (TPSA) is 156 Å². The fourth-order valence-electron chi connectivity index (χ4n) is 3.05. The van der Waals surface area contributed by atoms with Gasteiger partial charge in [-0.2, -0.15) is 9.78 Å². The number of nitrogen functional groups attached to an aromatic ring is 1. The van der Waals surface area contributed by atoms with E-state index in [0.29, 0.717) is 28.5 Å². The molecule has 0 bridgehead atoms. The largest absolute Gasteiger partial charge is 0.493 e. The Balaban J connectivity index is 1.55. The highest BCUT2D eigenvalue weighted by molar-refractivity contribution is 7.98. The molecule has 2 aromatic heterocycles. The molecule has 0 fully saturated rings. The molecule has 0 saturated carbocycles. The maximum atomic E-state index is 12.9. The second kappa shape index (κ2) is 10.7. The van der Waals surface area contributed by atoms with Gasteiger partial charge in [0.1, 0.15) is 0 Å². The van der Waals surface area contributed by atoms with Crippen LogP contribution in [0, 0.1) is 6.92 Å². The van der Waals surface area contributed by atoms with Gasteiger partial charge >= 0.3 is 0 Å². The number of anilines is 1. The third kappa shape index (κ3) is 5.41. The highest BCUT2D eigenvalue weighted by atomic mass is 32.2. The summed E-state index contributed by atoms with van der Waals surface area (Å²) in [4.78, 5) is 13.9. The van der Waals surface area contributed by atoms with Crippen molar-refractivity contribution in [2.24, 2.45) is 5.10 Å². The van der Waals surface area contributed by atoms with E-state index >= 15 is 0 Å². The summed E-state index contributed by atoms with van der Waals surface area (Å²) in [6.07, 6.45) is 1.48. The number of thioether (sulfide) groups is 1. The average Bonchev–Trinajstić information content (AvgIpc) is 3.49. The van der Waals surface area contributed by atoms with Crippen LogP contribution in [0.4, 0.5) is 5.82 Å². The van der Waals surface area contributed by atoms with Crippen LogP contribution in [0.2, 0.25) is 0 Å². The van der Waals surface area contributed by atoms with Crippen LogP contribution in [0.3, 0.4) is 0 Å². The Labute approximate surface area is 204 Å². The molecule has 13 heteroatoms. The number of rotatable bonds is 9.